The second-order valence-corrected chi connectivity index (χ2v) is 12.6. The van der Waals surface area contributed by atoms with Crippen molar-refractivity contribution in [3.8, 4) is 0 Å². The first kappa shape index (κ1) is 25.1. The lowest BCUT2D eigenvalue weighted by Gasteiger charge is -2.25. The Morgan fingerprint density at radius 1 is 1.10 bits per heavy atom. The van der Waals surface area contributed by atoms with Gasteiger partial charge >= 0.3 is 0 Å². The molecule has 0 nitrogen and oxygen atoms in total. The summed E-state index contributed by atoms with van der Waals surface area (Å²) < 4.78 is 0. The van der Waals surface area contributed by atoms with Crippen LogP contribution in [0, 0.1) is 6.92 Å². The lowest BCUT2D eigenvalue weighted by molar-refractivity contribution is 0.805. The van der Waals surface area contributed by atoms with E-state index in [1.54, 1.807) is 16.1 Å². The van der Waals surface area contributed by atoms with Crippen molar-refractivity contribution >= 4 is 41.4 Å². The Kier molecular flexibility index (Phi) is 10.3. The molecule has 0 saturated heterocycles. The van der Waals surface area contributed by atoms with Gasteiger partial charge in [-0.05, 0) is 86.3 Å². The van der Waals surface area contributed by atoms with Crippen LogP contribution in [0.3, 0.4) is 0 Å². The molecule has 2 unspecified atom stereocenters. The fraction of sp³-hybridized carbons (Fsp3) is 0.571. The molecule has 0 spiro atoms. The molecule has 0 N–H and O–H groups in total. The molecule has 1 aliphatic carbocycles. The van der Waals surface area contributed by atoms with Gasteiger partial charge in [0.15, 0.2) is 0 Å². The molecule has 31 heavy (non-hydrogen) atoms. The van der Waals surface area contributed by atoms with Crippen molar-refractivity contribution in [2.24, 2.45) is 0 Å². The largest absolute Gasteiger partial charge is 0.131 e. The van der Waals surface area contributed by atoms with Crippen molar-refractivity contribution in [1.82, 2.24) is 0 Å². The van der Waals surface area contributed by atoms with Gasteiger partial charge in [-0.3, -0.25) is 0 Å². The number of hydrogen-bond donors (Lipinski definition) is 0. The van der Waals surface area contributed by atoms with Crippen molar-refractivity contribution < 1.29 is 0 Å². The lowest BCUT2D eigenvalue weighted by Crippen LogP contribution is -2.09. The smallest absolute Gasteiger partial charge is 0.0304 e. The van der Waals surface area contributed by atoms with Crippen LogP contribution < -0.4 is 0 Å². The SMILES string of the molecule is CCCCS/C1=C(\CC)C/C=C(/C)C(Sc2cc3c(cc2C)C=CC(CCC)S3)CC1. The molecule has 0 aromatic heterocycles. The summed E-state index contributed by atoms with van der Waals surface area (Å²) in [7, 11) is 0. The zero-order chi connectivity index (χ0) is 22.2. The number of hydrogen-bond acceptors (Lipinski definition) is 3. The van der Waals surface area contributed by atoms with E-state index >= 15 is 0 Å². The number of aryl methyl sites for hydroxylation is 1. The minimum Gasteiger partial charge on any atom is -0.131 e. The van der Waals surface area contributed by atoms with Gasteiger partial charge in [-0.1, -0.05) is 63.0 Å². The summed E-state index contributed by atoms with van der Waals surface area (Å²) in [5, 5.41) is 1.23. The van der Waals surface area contributed by atoms with Crippen LogP contribution in [0.25, 0.3) is 6.08 Å². The van der Waals surface area contributed by atoms with E-state index in [1.165, 1.54) is 71.6 Å². The van der Waals surface area contributed by atoms with Gasteiger partial charge in [0, 0.05) is 20.3 Å². The van der Waals surface area contributed by atoms with Gasteiger partial charge < -0.3 is 0 Å². The second-order valence-electron chi connectivity index (χ2n) is 8.84. The maximum absolute atomic E-state index is 2.53. The average molecular weight is 473 g/mol. The topological polar surface area (TPSA) is 0 Å². The number of benzene rings is 1. The summed E-state index contributed by atoms with van der Waals surface area (Å²) in [5.74, 6) is 1.28. The third kappa shape index (κ3) is 6.98. The zero-order valence-electron chi connectivity index (χ0n) is 20.1. The van der Waals surface area contributed by atoms with E-state index in [-0.39, 0.29) is 0 Å². The monoisotopic (exact) mass is 472 g/mol. The molecule has 1 aromatic rings. The highest BCUT2D eigenvalue weighted by molar-refractivity contribution is 8.03. The highest BCUT2D eigenvalue weighted by atomic mass is 32.2. The van der Waals surface area contributed by atoms with Gasteiger partial charge in [0.2, 0.25) is 0 Å². The Morgan fingerprint density at radius 3 is 2.68 bits per heavy atom. The molecule has 0 saturated carbocycles. The Bertz CT molecular complexity index is 831. The predicted octanol–water partition coefficient (Wildman–Crippen LogP) is 10.1. The van der Waals surface area contributed by atoms with Gasteiger partial charge in [0.05, 0.1) is 0 Å². The van der Waals surface area contributed by atoms with E-state index in [4.69, 9.17) is 0 Å². The van der Waals surface area contributed by atoms with Gasteiger partial charge in [-0.15, -0.1) is 35.3 Å². The fourth-order valence-electron chi connectivity index (χ4n) is 4.26. The Balaban J connectivity index is 1.75. The average Bonchev–Trinajstić information content (AvgIpc) is 2.75. The maximum atomic E-state index is 2.53. The highest BCUT2D eigenvalue weighted by Gasteiger charge is 2.21. The molecule has 3 heteroatoms. The van der Waals surface area contributed by atoms with E-state index in [2.05, 4.69) is 100 Å². The minimum absolute atomic E-state index is 0.590. The molecule has 2 atom stereocenters. The molecule has 0 radical (unpaired) electrons. The molecule has 1 aliphatic heterocycles. The Labute approximate surface area is 204 Å². The van der Waals surface area contributed by atoms with Crippen molar-refractivity contribution in [1.29, 1.82) is 0 Å². The Hall–Kier alpha value is -0.510. The van der Waals surface area contributed by atoms with Gasteiger partial charge in [-0.25, -0.2) is 0 Å². The van der Waals surface area contributed by atoms with Gasteiger partial charge in [0.25, 0.3) is 0 Å². The van der Waals surface area contributed by atoms with Crippen molar-refractivity contribution in [2.75, 3.05) is 5.75 Å². The lowest BCUT2D eigenvalue weighted by atomic mass is 9.98. The summed E-state index contributed by atoms with van der Waals surface area (Å²) in [6.45, 7) is 11.6. The molecule has 2 aliphatic rings. The summed E-state index contributed by atoms with van der Waals surface area (Å²) in [6.07, 6.45) is 17.3. The van der Waals surface area contributed by atoms with Crippen molar-refractivity contribution in [3.63, 3.8) is 0 Å². The van der Waals surface area contributed by atoms with E-state index in [1.807, 2.05) is 0 Å². The maximum Gasteiger partial charge on any atom is 0.0304 e. The van der Waals surface area contributed by atoms with Crippen LogP contribution in [-0.2, 0) is 0 Å². The van der Waals surface area contributed by atoms with Crippen LogP contribution in [0.4, 0.5) is 0 Å². The number of thioether (sulfide) groups is 3. The quantitative estimate of drug-likeness (QED) is 0.259. The van der Waals surface area contributed by atoms with Crippen molar-refractivity contribution in [2.45, 2.75) is 106 Å². The number of allylic oxidation sites excluding steroid dienone is 3. The van der Waals surface area contributed by atoms with E-state index < -0.39 is 0 Å². The van der Waals surface area contributed by atoms with Crippen LogP contribution in [0.1, 0.15) is 90.2 Å². The summed E-state index contributed by atoms with van der Waals surface area (Å²) in [6, 6.07) is 4.90. The molecule has 1 heterocycles. The molecule has 1 aromatic carbocycles. The predicted molar refractivity (Wildman–Crippen MR) is 147 cm³/mol. The first-order valence-corrected chi connectivity index (χ1v) is 15.0. The molecule has 3 rings (SSSR count). The van der Waals surface area contributed by atoms with E-state index in [0.29, 0.717) is 10.5 Å². The van der Waals surface area contributed by atoms with Crippen LogP contribution in [0.15, 0.2) is 50.1 Å². The van der Waals surface area contributed by atoms with Crippen LogP contribution in [-0.4, -0.2) is 16.3 Å². The molecular formula is C28H40S3. The summed E-state index contributed by atoms with van der Waals surface area (Å²) >= 11 is 6.32. The molecule has 0 bridgehead atoms. The third-order valence-electron chi connectivity index (χ3n) is 6.33. The number of rotatable bonds is 9. The first-order valence-electron chi connectivity index (χ1n) is 12.2. The van der Waals surface area contributed by atoms with Crippen LogP contribution >= 0.6 is 35.3 Å². The standard InChI is InChI=1S/C28H40S3/c1-6-9-17-29-26-16-15-25(20(4)11-12-22(26)8-3)31-27-19-28-23(18-21(27)5)13-14-24(30-28)10-7-2/h11,13-14,18-19,24-25H,6-10,12,15-17H2,1-5H3/b20-11-,26-22+. The van der Waals surface area contributed by atoms with E-state index in [0.717, 1.165) is 6.42 Å². The Morgan fingerprint density at radius 2 is 1.94 bits per heavy atom. The molecule has 0 amide bonds. The fourth-order valence-corrected chi connectivity index (χ4v) is 8.25. The highest BCUT2D eigenvalue weighted by Crippen LogP contribution is 2.43. The van der Waals surface area contributed by atoms with Crippen LogP contribution in [0.5, 0.6) is 0 Å². The summed E-state index contributed by atoms with van der Waals surface area (Å²) in [5.41, 5.74) is 6.09. The normalized spacial score (nSPS) is 25.5. The third-order valence-corrected chi connectivity index (χ3v) is 10.5. The molecular weight excluding hydrogens is 433 g/mol. The molecule has 0 fully saturated rings. The van der Waals surface area contributed by atoms with Gasteiger partial charge in [0.1, 0.15) is 0 Å². The van der Waals surface area contributed by atoms with Crippen LogP contribution in [0.2, 0.25) is 0 Å². The molecule has 170 valence electrons. The van der Waals surface area contributed by atoms with Crippen molar-refractivity contribution in [3.05, 3.63) is 51.5 Å². The number of fused-ring (bicyclic) bond motifs is 1. The first-order chi connectivity index (χ1) is 15.0. The zero-order valence-corrected chi connectivity index (χ0v) is 22.6. The second kappa shape index (κ2) is 12.7. The van der Waals surface area contributed by atoms with E-state index in [9.17, 15) is 0 Å². The summed E-state index contributed by atoms with van der Waals surface area (Å²) in [4.78, 5) is 4.65. The number of unbranched alkanes of at least 4 members (excludes halogenated alkanes) is 1. The van der Waals surface area contributed by atoms with Gasteiger partial charge in [-0.2, -0.15) is 0 Å². The minimum atomic E-state index is 0.590.